The van der Waals surface area contributed by atoms with Crippen LogP contribution >= 0.6 is 23.2 Å². The summed E-state index contributed by atoms with van der Waals surface area (Å²) in [5.41, 5.74) is 2.11. The summed E-state index contributed by atoms with van der Waals surface area (Å²) in [6, 6.07) is 6.51. The Balaban J connectivity index is 2.25. The van der Waals surface area contributed by atoms with E-state index in [-0.39, 0.29) is 36.0 Å². The average Bonchev–Trinajstić information content (AvgIpc) is 2.63. The van der Waals surface area contributed by atoms with E-state index >= 15 is 0 Å². The SMILES string of the molecule is CON(C)C(=O)CCc1cc(Cl)c(Cc2ccc(O)c(C(C)C)c2F)c(Cl)c1. The fourth-order valence-corrected chi connectivity index (χ4v) is 3.65. The summed E-state index contributed by atoms with van der Waals surface area (Å²) in [7, 11) is 2.97. The molecule has 2 aromatic carbocycles. The first-order valence-electron chi connectivity index (χ1n) is 8.93. The van der Waals surface area contributed by atoms with Gasteiger partial charge < -0.3 is 5.11 Å². The van der Waals surface area contributed by atoms with Gasteiger partial charge in [-0.2, -0.15) is 0 Å². The number of halogens is 3. The number of phenolic OH excluding ortho intramolecular Hbond substituents is 1. The number of carbonyl (C=O) groups is 1. The molecule has 2 aromatic rings. The first-order chi connectivity index (χ1) is 13.1. The molecule has 0 radical (unpaired) electrons. The highest BCUT2D eigenvalue weighted by molar-refractivity contribution is 6.36. The van der Waals surface area contributed by atoms with Gasteiger partial charge in [-0.15, -0.1) is 0 Å². The van der Waals surface area contributed by atoms with E-state index in [1.54, 1.807) is 19.2 Å². The minimum absolute atomic E-state index is 0.0607. The van der Waals surface area contributed by atoms with Crippen LogP contribution in [0.5, 0.6) is 5.75 Å². The molecule has 0 atom stereocenters. The molecular weight excluding hydrogens is 404 g/mol. The zero-order chi connectivity index (χ0) is 21.0. The Morgan fingerprint density at radius 1 is 1.25 bits per heavy atom. The van der Waals surface area contributed by atoms with Crippen molar-refractivity contribution in [1.82, 2.24) is 5.06 Å². The number of benzene rings is 2. The molecule has 2 rings (SSSR count). The summed E-state index contributed by atoms with van der Waals surface area (Å²) in [5.74, 6) is -0.823. The fourth-order valence-electron chi connectivity index (χ4n) is 2.98. The van der Waals surface area contributed by atoms with Crippen LogP contribution in [0.2, 0.25) is 10.0 Å². The van der Waals surface area contributed by atoms with Crippen LogP contribution < -0.4 is 0 Å². The highest BCUT2D eigenvalue weighted by atomic mass is 35.5. The lowest BCUT2D eigenvalue weighted by Gasteiger charge is -2.16. The maximum absolute atomic E-state index is 14.8. The molecule has 0 aromatic heterocycles. The first-order valence-corrected chi connectivity index (χ1v) is 9.69. The second-order valence-electron chi connectivity index (χ2n) is 6.91. The van der Waals surface area contributed by atoms with Crippen LogP contribution in [0.15, 0.2) is 24.3 Å². The van der Waals surface area contributed by atoms with Gasteiger partial charge in [-0.05, 0) is 47.2 Å². The third kappa shape index (κ3) is 5.16. The molecule has 0 aliphatic heterocycles. The number of aromatic hydroxyl groups is 1. The maximum Gasteiger partial charge on any atom is 0.246 e. The molecule has 0 aliphatic carbocycles. The third-order valence-electron chi connectivity index (χ3n) is 4.63. The molecular formula is C21H24Cl2FNO3. The number of phenols is 1. The lowest BCUT2D eigenvalue weighted by Crippen LogP contribution is -2.25. The summed E-state index contributed by atoms with van der Waals surface area (Å²) in [5, 5.41) is 11.9. The van der Waals surface area contributed by atoms with E-state index in [2.05, 4.69) is 0 Å². The van der Waals surface area contributed by atoms with E-state index in [4.69, 9.17) is 28.0 Å². The van der Waals surface area contributed by atoms with Crippen LogP contribution in [0.25, 0.3) is 0 Å². The molecule has 1 amide bonds. The summed E-state index contributed by atoms with van der Waals surface area (Å²) < 4.78 is 14.8. The van der Waals surface area contributed by atoms with Crippen molar-refractivity contribution in [3.8, 4) is 5.75 Å². The van der Waals surface area contributed by atoms with Gasteiger partial charge in [0, 0.05) is 35.5 Å². The first kappa shape index (κ1) is 22.5. The molecule has 0 fully saturated rings. The molecule has 1 N–H and O–H groups in total. The number of hydrogen-bond donors (Lipinski definition) is 1. The Kier molecular flexibility index (Phi) is 7.70. The van der Waals surface area contributed by atoms with Gasteiger partial charge in [-0.3, -0.25) is 9.63 Å². The van der Waals surface area contributed by atoms with E-state index in [0.29, 0.717) is 27.6 Å². The summed E-state index contributed by atoms with van der Waals surface area (Å²) in [4.78, 5) is 16.7. The molecule has 0 spiro atoms. The Hall–Kier alpha value is -1.82. The number of carbonyl (C=O) groups excluding carboxylic acids is 1. The number of amides is 1. The second-order valence-corrected chi connectivity index (χ2v) is 7.73. The number of rotatable bonds is 7. The van der Waals surface area contributed by atoms with Gasteiger partial charge in [0.05, 0.1) is 7.11 Å². The molecule has 0 saturated carbocycles. The van der Waals surface area contributed by atoms with Crippen LogP contribution in [0.1, 0.15) is 48.4 Å². The van der Waals surface area contributed by atoms with E-state index in [1.165, 1.54) is 19.2 Å². The largest absolute Gasteiger partial charge is 0.508 e. The van der Waals surface area contributed by atoms with Crippen LogP contribution in [-0.2, 0) is 22.5 Å². The summed E-state index contributed by atoms with van der Waals surface area (Å²) >= 11 is 12.8. The number of aryl methyl sites for hydroxylation is 1. The number of nitrogens with zero attached hydrogens (tertiary/aromatic N) is 1. The fraction of sp³-hybridized carbons (Fsp3) is 0.381. The minimum Gasteiger partial charge on any atom is -0.508 e. The smallest absolute Gasteiger partial charge is 0.246 e. The maximum atomic E-state index is 14.8. The molecule has 4 nitrogen and oxygen atoms in total. The van der Waals surface area contributed by atoms with E-state index in [1.807, 2.05) is 13.8 Å². The Bertz CT molecular complexity index is 848. The van der Waals surface area contributed by atoms with Gasteiger partial charge in [-0.1, -0.05) is 43.1 Å². The highest BCUT2D eigenvalue weighted by Crippen LogP contribution is 2.34. The van der Waals surface area contributed by atoms with Crippen LogP contribution in [0, 0.1) is 5.82 Å². The Labute approximate surface area is 174 Å². The van der Waals surface area contributed by atoms with Gasteiger partial charge in [0.25, 0.3) is 0 Å². The summed E-state index contributed by atoms with van der Waals surface area (Å²) in [6.45, 7) is 3.64. The van der Waals surface area contributed by atoms with Crippen molar-refractivity contribution in [3.05, 3.63) is 62.4 Å². The molecule has 0 saturated heterocycles. The van der Waals surface area contributed by atoms with Gasteiger partial charge >= 0.3 is 0 Å². The Morgan fingerprint density at radius 2 is 1.86 bits per heavy atom. The van der Waals surface area contributed by atoms with Gasteiger partial charge in [-0.25, -0.2) is 9.45 Å². The lowest BCUT2D eigenvalue weighted by molar-refractivity contribution is -0.168. The van der Waals surface area contributed by atoms with E-state index in [9.17, 15) is 14.3 Å². The predicted octanol–water partition coefficient (Wildman–Crippen LogP) is 5.50. The predicted molar refractivity (Wildman–Crippen MR) is 110 cm³/mol. The zero-order valence-corrected chi connectivity index (χ0v) is 17.9. The van der Waals surface area contributed by atoms with E-state index in [0.717, 1.165) is 10.6 Å². The topological polar surface area (TPSA) is 49.8 Å². The van der Waals surface area contributed by atoms with Crippen LogP contribution in [0.4, 0.5) is 4.39 Å². The number of hydrogen-bond acceptors (Lipinski definition) is 3. The molecule has 7 heteroatoms. The van der Waals surface area contributed by atoms with Crippen molar-refractivity contribution >= 4 is 29.1 Å². The molecule has 0 bridgehead atoms. The molecule has 0 heterocycles. The lowest BCUT2D eigenvalue weighted by atomic mass is 9.95. The van der Waals surface area contributed by atoms with Crippen molar-refractivity contribution in [1.29, 1.82) is 0 Å². The van der Waals surface area contributed by atoms with Gasteiger partial charge in [0.15, 0.2) is 0 Å². The molecule has 152 valence electrons. The summed E-state index contributed by atoms with van der Waals surface area (Å²) in [6.07, 6.45) is 0.910. The van der Waals surface area contributed by atoms with Gasteiger partial charge in [0.2, 0.25) is 5.91 Å². The monoisotopic (exact) mass is 427 g/mol. The van der Waals surface area contributed by atoms with Gasteiger partial charge in [0.1, 0.15) is 11.6 Å². The van der Waals surface area contributed by atoms with Crippen LogP contribution in [0.3, 0.4) is 0 Å². The van der Waals surface area contributed by atoms with Crippen molar-refractivity contribution in [2.45, 2.75) is 39.0 Å². The average molecular weight is 428 g/mol. The van der Waals surface area contributed by atoms with Crippen molar-refractivity contribution in [2.24, 2.45) is 0 Å². The van der Waals surface area contributed by atoms with E-state index < -0.39 is 5.82 Å². The number of hydroxylamine groups is 2. The standard InChI is InChI=1S/C21H24Cl2FNO3/c1-12(2)20-18(26)7-6-14(21(20)24)11-15-16(22)9-13(10-17(15)23)5-8-19(27)25(3)28-4/h6-7,9-10,12,26H,5,8,11H2,1-4H3. The normalized spacial score (nSPS) is 11.1. The molecule has 28 heavy (non-hydrogen) atoms. The third-order valence-corrected chi connectivity index (χ3v) is 5.31. The molecule has 0 unspecified atom stereocenters. The van der Waals surface area contributed by atoms with Crippen molar-refractivity contribution in [2.75, 3.05) is 14.2 Å². The second kappa shape index (κ2) is 9.59. The quantitative estimate of drug-likeness (QED) is 0.592. The Morgan fingerprint density at radius 3 is 2.39 bits per heavy atom. The minimum atomic E-state index is -0.445. The zero-order valence-electron chi connectivity index (χ0n) is 16.4. The highest BCUT2D eigenvalue weighted by Gasteiger charge is 2.18. The van der Waals surface area contributed by atoms with Crippen molar-refractivity contribution < 1.29 is 19.1 Å². The van der Waals surface area contributed by atoms with Crippen molar-refractivity contribution in [3.63, 3.8) is 0 Å². The molecule has 0 aliphatic rings. The van der Waals surface area contributed by atoms with Crippen LogP contribution in [-0.4, -0.2) is 30.2 Å².